The number of nitrogens with one attached hydrogen (secondary N) is 1. The number of allylic oxidation sites excluding steroid dienone is 1. The lowest BCUT2D eigenvalue weighted by Gasteiger charge is -2.21. The van der Waals surface area contributed by atoms with Crippen molar-refractivity contribution in [3.05, 3.63) is 11.6 Å². The molecule has 0 radical (unpaired) electrons. The average Bonchev–Trinajstić information content (AvgIpc) is 2.00. The molecule has 0 aromatic rings. The van der Waals surface area contributed by atoms with Gasteiger partial charge in [-0.25, -0.2) is 0 Å². The van der Waals surface area contributed by atoms with Gasteiger partial charge in [0.15, 0.2) is 0 Å². The standard InChI is InChI=1S/C12H25N/c1-7-10(2)11(3)13-9-8-12(4,5)6/h7,11,13H,8-9H2,1-6H3. The van der Waals surface area contributed by atoms with Gasteiger partial charge in [0.25, 0.3) is 0 Å². The van der Waals surface area contributed by atoms with Crippen LogP contribution in [0.25, 0.3) is 0 Å². The van der Waals surface area contributed by atoms with Gasteiger partial charge in [-0.1, -0.05) is 32.4 Å². The van der Waals surface area contributed by atoms with Gasteiger partial charge < -0.3 is 5.32 Å². The summed E-state index contributed by atoms with van der Waals surface area (Å²) < 4.78 is 0. The summed E-state index contributed by atoms with van der Waals surface area (Å²) in [5.74, 6) is 0. The van der Waals surface area contributed by atoms with Crippen LogP contribution in [0.4, 0.5) is 0 Å². The Balaban J connectivity index is 3.66. The lowest BCUT2D eigenvalue weighted by molar-refractivity contribution is 0.362. The Morgan fingerprint density at radius 3 is 2.31 bits per heavy atom. The minimum Gasteiger partial charge on any atom is -0.311 e. The molecular weight excluding hydrogens is 158 g/mol. The minimum atomic E-state index is 0.441. The zero-order valence-electron chi connectivity index (χ0n) is 10.1. The average molecular weight is 183 g/mol. The molecule has 13 heavy (non-hydrogen) atoms. The van der Waals surface area contributed by atoms with E-state index in [0.29, 0.717) is 11.5 Å². The molecule has 1 heteroatoms. The maximum atomic E-state index is 3.52. The van der Waals surface area contributed by atoms with E-state index in [1.54, 1.807) is 0 Å². The summed E-state index contributed by atoms with van der Waals surface area (Å²) in [6, 6.07) is 0.521. The fourth-order valence-electron chi connectivity index (χ4n) is 1.07. The van der Waals surface area contributed by atoms with Crippen molar-refractivity contribution in [1.29, 1.82) is 0 Å². The van der Waals surface area contributed by atoms with Crippen LogP contribution in [0.15, 0.2) is 11.6 Å². The molecule has 0 fully saturated rings. The summed E-state index contributed by atoms with van der Waals surface area (Å²) in [5.41, 5.74) is 1.87. The highest BCUT2D eigenvalue weighted by Crippen LogP contribution is 2.17. The Bertz CT molecular complexity index is 162. The Kier molecular flexibility index (Phi) is 5.31. The van der Waals surface area contributed by atoms with Crippen LogP contribution in [0.3, 0.4) is 0 Å². The van der Waals surface area contributed by atoms with Gasteiger partial charge in [-0.2, -0.15) is 0 Å². The van der Waals surface area contributed by atoms with Crippen molar-refractivity contribution in [3.8, 4) is 0 Å². The Labute approximate surface area is 83.6 Å². The Morgan fingerprint density at radius 1 is 1.38 bits per heavy atom. The number of rotatable bonds is 4. The van der Waals surface area contributed by atoms with E-state index in [1.807, 2.05) is 0 Å². The summed E-state index contributed by atoms with van der Waals surface area (Å²) >= 11 is 0. The van der Waals surface area contributed by atoms with Crippen LogP contribution >= 0.6 is 0 Å². The second-order valence-electron chi connectivity index (χ2n) is 5.02. The third-order valence-electron chi connectivity index (χ3n) is 2.46. The molecule has 0 saturated carbocycles. The molecule has 0 saturated heterocycles. The smallest absolute Gasteiger partial charge is 0.0248 e. The highest BCUT2D eigenvalue weighted by atomic mass is 14.9. The largest absolute Gasteiger partial charge is 0.311 e. The molecule has 78 valence electrons. The molecule has 1 unspecified atom stereocenters. The van der Waals surface area contributed by atoms with Crippen LogP contribution in [-0.4, -0.2) is 12.6 Å². The van der Waals surface area contributed by atoms with Gasteiger partial charge in [0.1, 0.15) is 0 Å². The van der Waals surface area contributed by atoms with Gasteiger partial charge >= 0.3 is 0 Å². The van der Waals surface area contributed by atoms with Crippen molar-refractivity contribution in [2.75, 3.05) is 6.54 Å². The van der Waals surface area contributed by atoms with E-state index in [0.717, 1.165) is 6.54 Å². The highest BCUT2D eigenvalue weighted by Gasteiger charge is 2.10. The molecule has 0 aromatic heterocycles. The molecule has 0 heterocycles. The second-order valence-corrected chi connectivity index (χ2v) is 5.02. The first kappa shape index (κ1) is 12.7. The van der Waals surface area contributed by atoms with Crippen molar-refractivity contribution >= 4 is 0 Å². The first-order valence-electron chi connectivity index (χ1n) is 5.23. The molecule has 0 aliphatic heterocycles. The molecule has 0 spiro atoms. The van der Waals surface area contributed by atoms with E-state index in [9.17, 15) is 0 Å². The third-order valence-corrected chi connectivity index (χ3v) is 2.46. The van der Waals surface area contributed by atoms with Gasteiger partial charge in [-0.05, 0) is 39.2 Å². The van der Waals surface area contributed by atoms with Crippen molar-refractivity contribution < 1.29 is 0 Å². The lowest BCUT2D eigenvalue weighted by Crippen LogP contribution is -2.30. The van der Waals surface area contributed by atoms with Gasteiger partial charge in [0.05, 0.1) is 0 Å². The van der Waals surface area contributed by atoms with Crippen molar-refractivity contribution in [1.82, 2.24) is 5.32 Å². The quantitative estimate of drug-likeness (QED) is 0.659. The summed E-state index contributed by atoms with van der Waals surface area (Å²) in [7, 11) is 0. The normalized spacial score (nSPS) is 16.0. The third kappa shape index (κ3) is 6.83. The fraction of sp³-hybridized carbons (Fsp3) is 0.833. The van der Waals surface area contributed by atoms with Crippen molar-refractivity contribution in [2.45, 2.75) is 54.0 Å². The second kappa shape index (κ2) is 5.43. The summed E-state index contributed by atoms with van der Waals surface area (Å²) in [6.45, 7) is 14.4. The molecule has 1 N–H and O–H groups in total. The van der Waals surface area contributed by atoms with E-state index < -0.39 is 0 Å². The Hall–Kier alpha value is -0.300. The number of hydrogen-bond donors (Lipinski definition) is 1. The van der Waals surface area contributed by atoms with Crippen LogP contribution in [0.2, 0.25) is 0 Å². The summed E-state index contributed by atoms with van der Waals surface area (Å²) in [5, 5.41) is 3.52. The zero-order valence-corrected chi connectivity index (χ0v) is 10.1. The maximum Gasteiger partial charge on any atom is 0.0248 e. The van der Waals surface area contributed by atoms with Crippen LogP contribution in [0, 0.1) is 5.41 Å². The zero-order chi connectivity index (χ0) is 10.5. The molecule has 0 rings (SSSR count). The van der Waals surface area contributed by atoms with Crippen LogP contribution in [0.1, 0.15) is 48.0 Å². The monoisotopic (exact) mass is 183 g/mol. The molecule has 1 nitrogen and oxygen atoms in total. The molecule has 0 aromatic carbocycles. The summed E-state index contributed by atoms with van der Waals surface area (Å²) in [6.07, 6.45) is 3.41. The van der Waals surface area contributed by atoms with Crippen LogP contribution in [-0.2, 0) is 0 Å². The molecule has 0 aliphatic carbocycles. The molecule has 0 bridgehead atoms. The Morgan fingerprint density at radius 2 is 1.92 bits per heavy atom. The van der Waals surface area contributed by atoms with Crippen molar-refractivity contribution in [2.24, 2.45) is 5.41 Å². The van der Waals surface area contributed by atoms with Gasteiger partial charge in [-0.3, -0.25) is 0 Å². The van der Waals surface area contributed by atoms with Crippen molar-refractivity contribution in [3.63, 3.8) is 0 Å². The first-order valence-corrected chi connectivity index (χ1v) is 5.23. The van der Waals surface area contributed by atoms with Gasteiger partial charge in [-0.15, -0.1) is 0 Å². The van der Waals surface area contributed by atoms with E-state index in [-0.39, 0.29) is 0 Å². The lowest BCUT2D eigenvalue weighted by atomic mass is 9.92. The van der Waals surface area contributed by atoms with Crippen LogP contribution < -0.4 is 5.32 Å². The molecular formula is C12H25N. The highest BCUT2D eigenvalue weighted by molar-refractivity contribution is 5.04. The molecule has 0 aliphatic rings. The maximum absolute atomic E-state index is 3.52. The summed E-state index contributed by atoms with van der Waals surface area (Å²) in [4.78, 5) is 0. The first-order chi connectivity index (χ1) is 5.87. The topological polar surface area (TPSA) is 12.0 Å². The molecule has 0 amide bonds. The van der Waals surface area contributed by atoms with Crippen LogP contribution in [0.5, 0.6) is 0 Å². The van der Waals surface area contributed by atoms with E-state index in [1.165, 1.54) is 12.0 Å². The van der Waals surface area contributed by atoms with E-state index in [4.69, 9.17) is 0 Å². The SMILES string of the molecule is CC=C(C)C(C)NCCC(C)(C)C. The molecule has 1 atom stereocenters. The predicted octanol–water partition coefficient (Wildman–Crippen LogP) is 3.37. The van der Waals surface area contributed by atoms with E-state index in [2.05, 4.69) is 52.9 Å². The van der Waals surface area contributed by atoms with Gasteiger partial charge in [0.2, 0.25) is 0 Å². The van der Waals surface area contributed by atoms with Gasteiger partial charge in [0, 0.05) is 6.04 Å². The van der Waals surface area contributed by atoms with E-state index >= 15 is 0 Å². The number of hydrogen-bond acceptors (Lipinski definition) is 1. The fourth-order valence-corrected chi connectivity index (χ4v) is 1.07. The minimum absolute atomic E-state index is 0.441. The predicted molar refractivity (Wildman–Crippen MR) is 61.0 cm³/mol.